The Kier molecular flexibility index (Phi) is 4.38. The molecule has 1 aliphatic heterocycles. The molecule has 5 nitrogen and oxygen atoms in total. The van der Waals surface area contributed by atoms with E-state index in [0.717, 1.165) is 11.3 Å². The summed E-state index contributed by atoms with van der Waals surface area (Å²) < 4.78 is 18.6. The van der Waals surface area contributed by atoms with Gasteiger partial charge < -0.3 is 14.6 Å². The third-order valence-corrected chi connectivity index (χ3v) is 4.37. The molecule has 1 aromatic carbocycles. The van der Waals surface area contributed by atoms with Crippen LogP contribution in [0.25, 0.3) is 0 Å². The summed E-state index contributed by atoms with van der Waals surface area (Å²) in [6.07, 6.45) is 0.140. The molecule has 1 aromatic heterocycles. The van der Waals surface area contributed by atoms with Crippen molar-refractivity contribution in [1.82, 2.24) is 10.2 Å². The van der Waals surface area contributed by atoms with Crippen LogP contribution in [0.15, 0.2) is 40.8 Å². The number of amides is 2. The van der Waals surface area contributed by atoms with E-state index in [0.29, 0.717) is 5.76 Å². The zero-order chi connectivity index (χ0) is 17.3. The Morgan fingerprint density at radius 1 is 1.29 bits per heavy atom. The van der Waals surface area contributed by atoms with Gasteiger partial charge in [-0.2, -0.15) is 0 Å². The van der Waals surface area contributed by atoms with Crippen LogP contribution in [0.5, 0.6) is 0 Å². The lowest BCUT2D eigenvalue weighted by molar-refractivity contribution is -0.128. The molecule has 0 radical (unpaired) electrons. The molecule has 0 saturated carbocycles. The Hall–Kier alpha value is -2.63. The number of aryl methyl sites for hydroxylation is 1. The molecule has 2 heterocycles. The van der Waals surface area contributed by atoms with Gasteiger partial charge in [-0.15, -0.1) is 0 Å². The van der Waals surface area contributed by atoms with Crippen molar-refractivity contribution < 1.29 is 18.4 Å². The first-order valence-corrected chi connectivity index (χ1v) is 7.80. The number of halogens is 1. The van der Waals surface area contributed by atoms with E-state index in [9.17, 15) is 14.0 Å². The van der Waals surface area contributed by atoms with E-state index in [1.54, 1.807) is 30.1 Å². The Balaban J connectivity index is 1.75. The molecule has 1 N–H and O–H groups in total. The summed E-state index contributed by atoms with van der Waals surface area (Å²) in [7, 11) is 1.67. The Morgan fingerprint density at radius 2 is 2.00 bits per heavy atom. The fraction of sp³-hybridized carbons (Fsp3) is 0.333. The van der Waals surface area contributed by atoms with Crippen molar-refractivity contribution >= 4 is 11.8 Å². The highest BCUT2D eigenvalue weighted by Gasteiger charge is 2.42. The summed E-state index contributed by atoms with van der Waals surface area (Å²) in [6, 6.07) is 9.15. The van der Waals surface area contributed by atoms with E-state index in [2.05, 4.69) is 5.32 Å². The molecule has 0 spiro atoms. The normalized spacial score (nSPS) is 20.5. The summed E-state index contributed by atoms with van der Waals surface area (Å²) >= 11 is 0. The predicted molar refractivity (Wildman–Crippen MR) is 85.3 cm³/mol. The molecule has 24 heavy (non-hydrogen) atoms. The molecule has 2 atom stereocenters. The van der Waals surface area contributed by atoms with Crippen LogP contribution < -0.4 is 5.32 Å². The van der Waals surface area contributed by atoms with Crippen LogP contribution in [0, 0.1) is 18.7 Å². The summed E-state index contributed by atoms with van der Waals surface area (Å²) in [5, 5.41) is 2.82. The van der Waals surface area contributed by atoms with Gasteiger partial charge in [0, 0.05) is 13.5 Å². The largest absolute Gasteiger partial charge is 0.465 e. The number of hydrogen-bond acceptors (Lipinski definition) is 3. The average molecular weight is 330 g/mol. The third kappa shape index (κ3) is 3.18. The minimum Gasteiger partial charge on any atom is -0.465 e. The van der Waals surface area contributed by atoms with Crippen LogP contribution in [0.2, 0.25) is 0 Å². The van der Waals surface area contributed by atoms with Gasteiger partial charge in [0.1, 0.15) is 17.3 Å². The molecule has 2 aromatic rings. The second-order valence-electron chi connectivity index (χ2n) is 6.04. The number of rotatable bonds is 4. The van der Waals surface area contributed by atoms with Crippen molar-refractivity contribution in [2.45, 2.75) is 25.9 Å². The number of carbonyl (C=O) groups excluding carboxylic acids is 2. The average Bonchev–Trinajstić information content (AvgIpc) is 3.10. The lowest BCUT2D eigenvalue weighted by Gasteiger charge is -2.24. The molecule has 2 amide bonds. The molecule has 0 unspecified atom stereocenters. The zero-order valence-electron chi connectivity index (χ0n) is 13.6. The molecule has 6 heteroatoms. The van der Waals surface area contributed by atoms with Gasteiger partial charge in [0.05, 0.1) is 18.5 Å². The summed E-state index contributed by atoms with van der Waals surface area (Å²) in [4.78, 5) is 26.2. The highest BCUT2D eigenvalue weighted by molar-refractivity contribution is 5.90. The summed E-state index contributed by atoms with van der Waals surface area (Å²) in [5.41, 5.74) is 0.749. The second kappa shape index (κ2) is 6.47. The first kappa shape index (κ1) is 16.2. The maximum absolute atomic E-state index is 13.1. The molecule has 0 bridgehead atoms. The number of nitrogens with zero attached hydrogens (tertiary/aromatic N) is 1. The number of hydrogen-bond donors (Lipinski definition) is 1. The fourth-order valence-corrected chi connectivity index (χ4v) is 3.11. The van der Waals surface area contributed by atoms with Gasteiger partial charge in [-0.05, 0) is 36.8 Å². The number of nitrogens with one attached hydrogen (secondary N) is 1. The van der Waals surface area contributed by atoms with Gasteiger partial charge in [-0.1, -0.05) is 12.1 Å². The number of likely N-dealkylation sites (tertiary alicyclic amines) is 1. The van der Waals surface area contributed by atoms with Crippen LogP contribution in [-0.4, -0.2) is 23.8 Å². The summed E-state index contributed by atoms with van der Waals surface area (Å²) in [6.45, 7) is 2.11. The first-order valence-electron chi connectivity index (χ1n) is 7.80. The van der Waals surface area contributed by atoms with Gasteiger partial charge in [0.2, 0.25) is 11.8 Å². The van der Waals surface area contributed by atoms with Gasteiger partial charge in [0.15, 0.2) is 0 Å². The lowest BCUT2D eigenvalue weighted by Crippen LogP contribution is -2.34. The Bertz CT molecular complexity index is 754. The van der Waals surface area contributed by atoms with Crippen LogP contribution >= 0.6 is 0 Å². The second-order valence-corrected chi connectivity index (χ2v) is 6.04. The number of furan rings is 1. The van der Waals surface area contributed by atoms with Crippen LogP contribution in [0.3, 0.4) is 0 Å². The van der Waals surface area contributed by atoms with E-state index in [-0.39, 0.29) is 30.6 Å². The van der Waals surface area contributed by atoms with E-state index in [1.807, 2.05) is 13.0 Å². The van der Waals surface area contributed by atoms with Crippen molar-refractivity contribution in [3.63, 3.8) is 0 Å². The minimum absolute atomic E-state index is 0.0988. The number of carbonyl (C=O) groups is 2. The van der Waals surface area contributed by atoms with Gasteiger partial charge >= 0.3 is 0 Å². The van der Waals surface area contributed by atoms with Crippen molar-refractivity contribution in [3.05, 3.63) is 59.3 Å². The third-order valence-electron chi connectivity index (χ3n) is 4.37. The van der Waals surface area contributed by atoms with Crippen molar-refractivity contribution in [2.75, 3.05) is 7.05 Å². The smallest absolute Gasteiger partial charge is 0.226 e. The molecule has 1 fully saturated rings. The van der Waals surface area contributed by atoms with Crippen LogP contribution in [0.4, 0.5) is 4.39 Å². The SMILES string of the molecule is Cc1ccc(CNC(=O)[C@H]2CC(=O)N(C)[C@@H]2c2ccc(F)cc2)o1. The molecule has 1 saturated heterocycles. The Morgan fingerprint density at radius 3 is 2.62 bits per heavy atom. The molecule has 3 rings (SSSR count). The first-order chi connectivity index (χ1) is 11.5. The van der Waals surface area contributed by atoms with Crippen molar-refractivity contribution in [1.29, 1.82) is 0 Å². The molecule has 1 aliphatic rings. The maximum Gasteiger partial charge on any atom is 0.226 e. The van der Waals surface area contributed by atoms with E-state index in [4.69, 9.17) is 4.42 Å². The fourth-order valence-electron chi connectivity index (χ4n) is 3.11. The quantitative estimate of drug-likeness (QED) is 0.937. The predicted octanol–water partition coefficient (Wildman–Crippen LogP) is 2.56. The van der Waals surface area contributed by atoms with E-state index < -0.39 is 12.0 Å². The maximum atomic E-state index is 13.1. The number of benzene rings is 1. The van der Waals surface area contributed by atoms with Gasteiger partial charge in [-0.25, -0.2) is 4.39 Å². The Labute approximate surface area is 139 Å². The molecular weight excluding hydrogens is 311 g/mol. The van der Waals surface area contributed by atoms with E-state index >= 15 is 0 Å². The van der Waals surface area contributed by atoms with Crippen molar-refractivity contribution in [2.24, 2.45) is 5.92 Å². The zero-order valence-corrected chi connectivity index (χ0v) is 13.6. The van der Waals surface area contributed by atoms with Crippen LogP contribution in [-0.2, 0) is 16.1 Å². The molecule has 126 valence electrons. The van der Waals surface area contributed by atoms with Crippen molar-refractivity contribution in [3.8, 4) is 0 Å². The minimum atomic E-state index is -0.510. The topological polar surface area (TPSA) is 62.6 Å². The van der Waals surface area contributed by atoms with Gasteiger partial charge in [0.25, 0.3) is 0 Å². The summed E-state index contributed by atoms with van der Waals surface area (Å²) in [5.74, 6) is 0.273. The van der Waals surface area contributed by atoms with E-state index in [1.165, 1.54) is 12.1 Å². The molecule has 0 aliphatic carbocycles. The van der Waals surface area contributed by atoms with Gasteiger partial charge in [-0.3, -0.25) is 9.59 Å². The monoisotopic (exact) mass is 330 g/mol. The van der Waals surface area contributed by atoms with Crippen LogP contribution in [0.1, 0.15) is 29.5 Å². The highest BCUT2D eigenvalue weighted by atomic mass is 19.1. The lowest BCUT2D eigenvalue weighted by atomic mass is 9.93. The highest BCUT2D eigenvalue weighted by Crippen LogP contribution is 2.37. The molecular formula is C18H19FN2O3. The standard InChI is InChI=1S/C18H19FN2O3/c1-11-3-8-14(24-11)10-20-18(23)15-9-16(22)21(2)17(15)12-4-6-13(19)7-5-12/h3-8,15,17H,9-10H2,1-2H3,(H,20,23)/t15-,17+/m0/s1.